The SMILES string of the molecule is CC(C)CC1NC(=O)CN(CC2(C)CCN(C)CC2)C1=O. The van der Waals surface area contributed by atoms with Crippen LogP contribution < -0.4 is 5.32 Å². The van der Waals surface area contributed by atoms with Crippen molar-refractivity contribution >= 4 is 11.8 Å². The molecule has 0 bridgehead atoms. The lowest BCUT2D eigenvalue weighted by molar-refractivity contribution is -0.146. The van der Waals surface area contributed by atoms with Gasteiger partial charge < -0.3 is 15.1 Å². The summed E-state index contributed by atoms with van der Waals surface area (Å²) in [6.45, 7) is 9.48. The standard InChI is InChI=1S/C16H29N3O2/c1-12(2)9-13-15(21)19(10-14(20)17-13)11-16(3)5-7-18(4)8-6-16/h12-13H,5-11H2,1-4H3,(H,17,20). The third kappa shape index (κ3) is 4.19. The molecule has 21 heavy (non-hydrogen) atoms. The van der Waals surface area contributed by atoms with Crippen LogP contribution in [0.15, 0.2) is 0 Å². The zero-order valence-corrected chi connectivity index (χ0v) is 13.8. The minimum absolute atomic E-state index is 0.0169. The van der Waals surface area contributed by atoms with E-state index >= 15 is 0 Å². The van der Waals surface area contributed by atoms with Crippen LogP contribution in [0.25, 0.3) is 0 Å². The molecule has 1 unspecified atom stereocenters. The van der Waals surface area contributed by atoms with Gasteiger partial charge >= 0.3 is 0 Å². The molecule has 0 aromatic rings. The molecule has 2 fully saturated rings. The third-order valence-electron chi connectivity index (χ3n) is 4.75. The first-order chi connectivity index (χ1) is 9.79. The summed E-state index contributed by atoms with van der Waals surface area (Å²) in [5.41, 5.74) is 0.141. The molecule has 2 rings (SSSR count). The van der Waals surface area contributed by atoms with E-state index < -0.39 is 0 Å². The predicted molar refractivity (Wildman–Crippen MR) is 82.8 cm³/mol. The van der Waals surface area contributed by atoms with Crippen molar-refractivity contribution in [3.8, 4) is 0 Å². The van der Waals surface area contributed by atoms with Gasteiger partial charge in [0.2, 0.25) is 11.8 Å². The number of likely N-dealkylation sites (tertiary alicyclic amines) is 1. The molecule has 2 heterocycles. The first kappa shape index (κ1) is 16.3. The van der Waals surface area contributed by atoms with Crippen molar-refractivity contribution in [1.82, 2.24) is 15.1 Å². The molecular formula is C16H29N3O2. The van der Waals surface area contributed by atoms with Crippen LogP contribution in [0.1, 0.15) is 40.0 Å². The van der Waals surface area contributed by atoms with Gasteiger partial charge in [0.25, 0.3) is 0 Å². The Morgan fingerprint density at radius 3 is 2.48 bits per heavy atom. The number of carbonyl (C=O) groups excluding carboxylic acids is 2. The van der Waals surface area contributed by atoms with E-state index in [-0.39, 0.29) is 29.8 Å². The van der Waals surface area contributed by atoms with Crippen molar-refractivity contribution in [2.24, 2.45) is 11.3 Å². The first-order valence-corrected chi connectivity index (χ1v) is 8.06. The molecule has 120 valence electrons. The van der Waals surface area contributed by atoms with Gasteiger partial charge in [0.1, 0.15) is 6.04 Å². The van der Waals surface area contributed by atoms with Crippen molar-refractivity contribution in [3.63, 3.8) is 0 Å². The fraction of sp³-hybridized carbons (Fsp3) is 0.875. The lowest BCUT2D eigenvalue weighted by atomic mass is 9.79. The van der Waals surface area contributed by atoms with E-state index in [0.29, 0.717) is 12.5 Å². The Labute approximate surface area is 128 Å². The Balaban J connectivity index is 2.01. The molecule has 1 atom stereocenters. The van der Waals surface area contributed by atoms with E-state index in [1.54, 1.807) is 4.90 Å². The minimum Gasteiger partial charge on any atom is -0.343 e. The van der Waals surface area contributed by atoms with Crippen molar-refractivity contribution < 1.29 is 9.59 Å². The molecule has 5 heteroatoms. The molecule has 0 radical (unpaired) electrons. The second kappa shape index (κ2) is 6.34. The predicted octanol–water partition coefficient (Wildman–Crippen LogP) is 1.09. The average molecular weight is 295 g/mol. The fourth-order valence-electron chi connectivity index (χ4n) is 3.32. The molecule has 0 spiro atoms. The Morgan fingerprint density at radius 2 is 1.90 bits per heavy atom. The van der Waals surface area contributed by atoms with E-state index in [9.17, 15) is 9.59 Å². The van der Waals surface area contributed by atoms with Gasteiger partial charge in [0, 0.05) is 6.54 Å². The lowest BCUT2D eigenvalue weighted by Gasteiger charge is -2.43. The number of carbonyl (C=O) groups is 2. The quantitative estimate of drug-likeness (QED) is 0.845. The Morgan fingerprint density at radius 1 is 1.29 bits per heavy atom. The van der Waals surface area contributed by atoms with Crippen molar-refractivity contribution in [2.45, 2.75) is 46.1 Å². The summed E-state index contributed by atoms with van der Waals surface area (Å²) in [6.07, 6.45) is 2.90. The number of piperazine rings is 1. The van der Waals surface area contributed by atoms with Gasteiger partial charge in [0.05, 0.1) is 6.54 Å². The molecule has 2 saturated heterocycles. The van der Waals surface area contributed by atoms with Gasteiger partial charge in [0.15, 0.2) is 0 Å². The van der Waals surface area contributed by atoms with Crippen molar-refractivity contribution in [1.29, 1.82) is 0 Å². The molecule has 1 N–H and O–H groups in total. The van der Waals surface area contributed by atoms with Crippen LogP contribution in [-0.2, 0) is 9.59 Å². The van der Waals surface area contributed by atoms with Crippen molar-refractivity contribution in [2.75, 3.05) is 33.2 Å². The van der Waals surface area contributed by atoms with E-state index in [1.807, 2.05) is 0 Å². The van der Waals surface area contributed by atoms with Crippen LogP contribution in [0.3, 0.4) is 0 Å². The summed E-state index contributed by atoms with van der Waals surface area (Å²) in [5.74, 6) is 0.485. The number of hydrogen-bond acceptors (Lipinski definition) is 3. The zero-order chi connectivity index (χ0) is 15.6. The zero-order valence-electron chi connectivity index (χ0n) is 13.8. The first-order valence-electron chi connectivity index (χ1n) is 8.06. The summed E-state index contributed by atoms with van der Waals surface area (Å²) in [5, 5.41) is 2.85. The summed E-state index contributed by atoms with van der Waals surface area (Å²) in [7, 11) is 2.14. The van der Waals surface area contributed by atoms with Crippen LogP contribution in [0.5, 0.6) is 0 Å². The maximum absolute atomic E-state index is 12.6. The number of rotatable bonds is 4. The highest BCUT2D eigenvalue weighted by atomic mass is 16.2. The monoisotopic (exact) mass is 295 g/mol. The molecule has 2 aliphatic rings. The normalized spacial score (nSPS) is 27.1. The Bertz CT molecular complexity index is 400. The number of piperidine rings is 1. The number of nitrogens with zero attached hydrogens (tertiary/aromatic N) is 2. The lowest BCUT2D eigenvalue weighted by Crippen LogP contribution is -2.60. The summed E-state index contributed by atoms with van der Waals surface area (Å²) >= 11 is 0. The van der Waals surface area contributed by atoms with Crippen LogP contribution in [-0.4, -0.2) is 60.9 Å². The van der Waals surface area contributed by atoms with E-state index in [1.165, 1.54) is 0 Å². The van der Waals surface area contributed by atoms with E-state index in [2.05, 4.69) is 38.0 Å². The Hall–Kier alpha value is -1.10. The maximum Gasteiger partial charge on any atom is 0.245 e. The van der Waals surface area contributed by atoms with Gasteiger partial charge in [-0.25, -0.2) is 0 Å². The highest BCUT2D eigenvalue weighted by molar-refractivity contribution is 5.94. The fourth-order valence-corrected chi connectivity index (χ4v) is 3.32. The molecule has 2 amide bonds. The second-order valence-corrected chi connectivity index (χ2v) is 7.56. The molecule has 0 aromatic heterocycles. The van der Waals surface area contributed by atoms with Crippen LogP contribution in [0.2, 0.25) is 0 Å². The minimum atomic E-state index is -0.332. The highest BCUT2D eigenvalue weighted by Gasteiger charge is 2.38. The van der Waals surface area contributed by atoms with Gasteiger partial charge in [-0.05, 0) is 50.7 Å². The number of hydrogen-bond donors (Lipinski definition) is 1. The van der Waals surface area contributed by atoms with Crippen LogP contribution in [0.4, 0.5) is 0 Å². The van der Waals surface area contributed by atoms with Gasteiger partial charge in [-0.3, -0.25) is 9.59 Å². The largest absolute Gasteiger partial charge is 0.343 e. The maximum atomic E-state index is 12.6. The highest BCUT2D eigenvalue weighted by Crippen LogP contribution is 2.32. The average Bonchev–Trinajstić information content (AvgIpc) is 2.38. The number of amides is 2. The van der Waals surface area contributed by atoms with Gasteiger partial charge in [-0.2, -0.15) is 0 Å². The van der Waals surface area contributed by atoms with E-state index in [0.717, 1.165) is 32.4 Å². The second-order valence-electron chi connectivity index (χ2n) is 7.56. The molecule has 0 aliphatic carbocycles. The number of nitrogens with one attached hydrogen (secondary N) is 1. The van der Waals surface area contributed by atoms with Gasteiger partial charge in [-0.15, -0.1) is 0 Å². The molecule has 5 nitrogen and oxygen atoms in total. The van der Waals surface area contributed by atoms with Crippen LogP contribution >= 0.6 is 0 Å². The molecular weight excluding hydrogens is 266 g/mol. The molecule has 0 saturated carbocycles. The summed E-state index contributed by atoms with van der Waals surface area (Å²) in [4.78, 5) is 28.6. The smallest absolute Gasteiger partial charge is 0.245 e. The van der Waals surface area contributed by atoms with E-state index in [4.69, 9.17) is 0 Å². The Kier molecular flexibility index (Phi) is 4.91. The third-order valence-corrected chi connectivity index (χ3v) is 4.75. The molecule has 0 aromatic carbocycles. The van der Waals surface area contributed by atoms with Crippen LogP contribution in [0, 0.1) is 11.3 Å². The summed E-state index contributed by atoms with van der Waals surface area (Å²) in [6, 6.07) is -0.332. The topological polar surface area (TPSA) is 52.7 Å². The van der Waals surface area contributed by atoms with Crippen molar-refractivity contribution in [3.05, 3.63) is 0 Å². The molecule has 2 aliphatic heterocycles. The summed E-state index contributed by atoms with van der Waals surface area (Å²) < 4.78 is 0. The van der Waals surface area contributed by atoms with Gasteiger partial charge in [-0.1, -0.05) is 20.8 Å².